The molecule has 132 valence electrons. The first-order valence-corrected chi connectivity index (χ1v) is 9.51. The van der Waals surface area contributed by atoms with Crippen molar-refractivity contribution in [2.24, 2.45) is 0 Å². The van der Waals surface area contributed by atoms with Gasteiger partial charge >= 0.3 is 0 Å². The van der Waals surface area contributed by atoms with Crippen molar-refractivity contribution in [2.75, 3.05) is 32.8 Å². The second kappa shape index (κ2) is 7.61. The molecule has 2 amide bonds. The maximum Gasteiger partial charge on any atom is 0.266 e. The average Bonchev–Trinajstić information content (AvgIpc) is 2.80. The van der Waals surface area contributed by atoms with Crippen LogP contribution in [0.5, 0.6) is 0 Å². The number of hydrogen-bond acceptors (Lipinski definition) is 5. The van der Waals surface area contributed by atoms with E-state index < -0.39 is 6.10 Å². The fourth-order valence-electron chi connectivity index (χ4n) is 3.35. The summed E-state index contributed by atoms with van der Waals surface area (Å²) in [5, 5.41) is 0.890. The van der Waals surface area contributed by atoms with E-state index in [2.05, 4.69) is 4.98 Å². The highest BCUT2D eigenvalue weighted by Crippen LogP contribution is 2.21. The molecule has 0 bridgehead atoms. The van der Waals surface area contributed by atoms with Crippen molar-refractivity contribution in [1.29, 1.82) is 0 Å². The van der Waals surface area contributed by atoms with Crippen LogP contribution < -0.4 is 0 Å². The molecule has 3 heterocycles. The summed E-state index contributed by atoms with van der Waals surface area (Å²) in [6, 6.07) is 0. The summed E-state index contributed by atoms with van der Waals surface area (Å²) in [7, 11) is 0. The van der Waals surface area contributed by atoms with E-state index >= 15 is 0 Å². The van der Waals surface area contributed by atoms with Crippen LogP contribution >= 0.6 is 11.3 Å². The zero-order valence-electron chi connectivity index (χ0n) is 14.4. The molecule has 1 atom stereocenters. The van der Waals surface area contributed by atoms with Gasteiger partial charge in [-0.05, 0) is 26.7 Å². The van der Waals surface area contributed by atoms with Gasteiger partial charge in [0.1, 0.15) is 4.88 Å². The molecule has 1 aromatic heterocycles. The summed E-state index contributed by atoms with van der Waals surface area (Å²) in [4.78, 5) is 34.1. The number of amides is 2. The Morgan fingerprint density at radius 3 is 2.42 bits per heavy atom. The maximum absolute atomic E-state index is 12.7. The molecule has 2 fully saturated rings. The van der Waals surface area contributed by atoms with Crippen molar-refractivity contribution >= 4 is 23.2 Å². The quantitative estimate of drug-likeness (QED) is 0.818. The number of thiazole rings is 1. The topological polar surface area (TPSA) is 62.7 Å². The average molecular weight is 351 g/mol. The molecule has 0 unspecified atom stereocenters. The first-order valence-electron chi connectivity index (χ1n) is 8.70. The summed E-state index contributed by atoms with van der Waals surface area (Å²) in [5.74, 6) is 0.00155. The Labute approximate surface area is 146 Å². The third-order valence-electron chi connectivity index (χ3n) is 4.64. The number of carbonyl (C=O) groups excluding carboxylic acids is 2. The number of morpholine rings is 1. The normalized spacial score (nSPS) is 22.3. The molecule has 24 heavy (non-hydrogen) atoms. The zero-order valence-corrected chi connectivity index (χ0v) is 15.2. The lowest BCUT2D eigenvalue weighted by atomic mass is 10.2. The molecule has 6 nitrogen and oxygen atoms in total. The Kier molecular flexibility index (Phi) is 5.50. The minimum absolute atomic E-state index is 0.0323. The monoisotopic (exact) mass is 351 g/mol. The Morgan fingerprint density at radius 1 is 1.08 bits per heavy atom. The highest BCUT2D eigenvalue weighted by Gasteiger charge is 2.33. The van der Waals surface area contributed by atoms with Gasteiger partial charge in [0.25, 0.3) is 11.8 Å². The molecule has 3 rings (SSSR count). The number of hydrogen-bond donors (Lipinski definition) is 0. The maximum atomic E-state index is 12.7. The number of aryl methyl sites for hydroxylation is 2. The molecule has 0 radical (unpaired) electrons. The summed E-state index contributed by atoms with van der Waals surface area (Å²) in [6.45, 7) is 6.65. The molecule has 1 aromatic rings. The first kappa shape index (κ1) is 17.4. The first-order chi connectivity index (χ1) is 11.6. The van der Waals surface area contributed by atoms with Crippen LogP contribution in [0.4, 0.5) is 0 Å². The number of nitrogens with zero attached hydrogens (tertiary/aromatic N) is 3. The van der Waals surface area contributed by atoms with Crippen LogP contribution in [0.25, 0.3) is 0 Å². The van der Waals surface area contributed by atoms with Gasteiger partial charge < -0.3 is 14.5 Å². The number of rotatable bonds is 2. The van der Waals surface area contributed by atoms with Crippen LogP contribution in [-0.2, 0) is 9.53 Å². The van der Waals surface area contributed by atoms with Crippen molar-refractivity contribution in [3.63, 3.8) is 0 Å². The van der Waals surface area contributed by atoms with Crippen molar-refractivity contribution in [1.82, 2.24) is 14.8 Å². The minimum atomic E-state index is -0.532. The summed E-state index contributed by atoms with van der Waals surface area (Å²) in [6.07, 6.45) is 3.95. The van der Waals surface area contributed by atoms with Gasteiger partial charge in [-0.2, -0.15) is 0 Å². The van der Waals surface area contributed by atoms with Crippen molar-refractivity contribution in [2.45, 2.75) is 45.6 Å². The Bertz CT molecular complexity index is 608. The number of ether oxygens (including phenoxy) is 1. The van der Waals surface area contributed by atoms with Crippen LogP contribution in [-0.4, -0.2) is 65.5 Å². The molecule has 0 spiro atoms. The van der Waals surface area contributed by atoms with Crippen LogP contribution in [0, 0.1) is 13.8 Å². The second-order valence-corrected chi connectivity index (χ2v) is 7.70. The smallest absolute Gasteiger partial charge is 0.266 e. The molecule has 0 saturated carbocycles. The van der Waals surface area contributed by atoms with E-state index in [9.17, 15) is 9.59 Å². The van der Waals surface area contributed by atoms with Crippen molar-refractivity contribution in [3.8, 4) is 0 Å². The third kappa shape index (κ3) is 3.78. The van der Waals surface area contributed by atoms with E-state index in [4.69, 9.17) is 4.74 Å². The summed E-state index contributed by atoms with van der Waals surface area (Å²) in [5.41, 5.74) is 0.768. The number of likely N-dealkylation sites (tertiary alicyclic amines) is 1. The lowest BCUT2D eigenvalue weighted by Crippen LogP contribution is -2.52. The van der Waals surface area contributed by atoms with Gasteiger partial charge in [0.2, 0.25) is 0 Å². The van der Waals surface area contributed by atoms with Gasteiger partial charge in [-0.3, -0.25) is 9.59 Å². The van der Waals surface area contributed by atoms with Crippen LogP contribution in [0.15, 0.2) is 0 Å². The standard InChI is InChI=1S/C17H25N3O3S/c1-12-15(24-13(2)18-12)17(22)20-9-10-23-14(11-20)16(21)19-7-5-3-4-6-8-19/h14H,3-11H2,1-2H3/t14-/m0/s1. The lowest BCUT2D eigenvalue weighted by molar-refractivity contribution is -0.148. The predicted octanol–water partition coefficient (Wildman–Crippen LogP) is 2.00. The van der Waals surface area contributed by atoms with Gasteiger partial charge in [0.05, 0.1) is 23.9 Å². The van der Waals surface area contributed by atoms with Gasteiger partial charge in [0.15, 0.2) is 6.10 Å². The second-order valence-electron chi connectivity index (χ2n) is 6.50. The summed E-state index contributed by atoms with van der Waals surface area (Å²) < 4.78 is 5.69. The molecular weight excluding hydrogens is 326 g/mol. The number of carbonyl (C=O) groups is 2. The molecule has 2 aliphatic heterocycles. The largest absolute Gasteiger partial charge is 0.365 e. The van der Waals surface area contributed by atoms with E-state index in [1.807, 2.05) is 18.7 Å². The summed E-state index contributed by atoms with van der Waals surface area (Å²) >= 11 is 1.42. The molecular formula is C17H25N3O3S. The Balaban J connectivity index is 1.66. The Morgan fingerprint density at radius 2 is 1.79 bits per heavy atom. The minimum Gasteiger partial charge on any atom is -0.365 e. The van der Waals surface area contributed by atoms with E-state index in [1.54, 1.807) is 4.90 Å². The SMILES string of the molecule is Cc1nc(C)c(C(=O)N2CCO[C@H](C(=O)N3CCCCCC3)C2)s1. The van der Waals surface area contributed by atoms with Crippen molar-refractivity contribution < 1.29 is 14.3 Å². The molecule has 2 saturated heterocycles. The van der Waals surface area contributed by atoms with E-state index in [1.165, 1.54) is 24.2 Å². The van der Waals surface area contributed by atoms with Crippen LogP contribution in [0.1, 0.15) is 46.1 Å². The van der Waals surface area contributed by atoms with Crippen LogP contribution in [0.2, 0.25) is 0 Å². The van der Waals surface area contributed by atoms with E-state index in [-0.39, 0.29) is 11.8 Å². The highest BCUT2D eigenvalue weighted by atomic mass is 32.1. The fraction of sp³-hybridized carbons (Fsp3) is 0.706. The van der Waals surface area contributed by atoms with Gasteiger partial charge in [-0.1, -0.05) is 12.8 Å². The third-order valence-corrected chi connectivity index (χ3v) is 5.71. The molecule has 2 aliphatic rings. The molecule has 0 aliphatic carbocycles. The predicted molar refractivity (Wildman–Crippen MR) is 92.3 cm³/mol. The highest BCUT2D eigenvalue weighted by molar-refractivity contribution is 7.13. The van der Waals surface area contributed by atoms with Crippen LogP contribution in [0.3, 0.4) is 0 Å². The van der Waals surface area contributed by atoms with Gasteiger partial charge in [-0.15, -0.1) is 11.3 Å². The van der Waals surface area contributed by atoms with Gasteiger partial charge in [-0.25, -0.2) is 4.98 Å². The molecule has 0 N–H and O–H groups in total. The Hall–Kier alpha value is -1.47. The van der Waals surface area contributed by atoms with Crippen molar-refractivity contribution in [3.05, 3.63) is 15.6 Å². The fourth-order valence-corrected chi connectivity index (χ4v) is 4.24. The van der Waals surface area contributed by atoms with Gasteiger partial charge in [0, 0.05) is 19.6 Å². The molecule has 0 aromatic carbocycles. The lowest BCUT2D eigenvalue weighted by Gasteiger charge is -2.34. The number of aromatic nitrogens is 1. The van der Waals surface area contributed by atoms with E-state index in [0.717, 1.165) is 36.6 Å². The molecule has 7 heteroatoms. The zero-order chi connectivity index (χ0) is 17.1. The van der Waals surface area contributed by atoms with E-state index in [0.29, 0.717) is 24.6 Å².